The fraction of sp³-hybridized carbons (Fsp3) is 0.708. The van der Waals surface area contributed by atoms with Crippen molar-refractivity contribution >= 4 is 15.9 Å². The Labute approximate surface area is 200 Å². The van der Waals surface area contributed by atoms with E-state index in [2.05, 4.69) is 22.2 Å². The highest BCUT2D eigenvalue weighted by Crippen LogP contribution is 2.26. The van der Waals surface area contributed by atoms with E-state index in [0.717, 1.165) is 68.9 Å². The van der Waals surface area contributed by atoms with Crippen molar-refractivity contribution in [1.29, 1.82) is 0 Å². The first-order valence-corrected chi connectivity index (χ1v) is 13.6. The number of aryl methyl sites for hydroxylation is 3. The van der Waals surface area contributed by atoms with Crippen LogP contribution >= 0.6 is 0 Å². The predicted molar refractivity (Wildman–Crippen MR) is 132 cm³/mol. The molecule has 0 saturated carbocycles. The molecule has 0 bridgehead atoms. The topological polar surface area (TPSA) is 76.2 Å². The van der Waals surface area contributed by atoms with Gasteiger partial charge < -0.3 is 20.0 Å². The number of rotatable bonds is 9. The average Bonchev–Trinajstić information content (AvgIpc) is 2.76. The molecule has 1 amide bonds. The van der Waals surface area contributed by atoms with Gasteiger partial charge in [0.25, 0.3) is 0 Å². The second kappa shape index (κ2) is 11.8. The van der Waals surface area contributed by atoms with E-state index in [4.69, 9.17) is 0 Å². The Morgan fingerprint density at radius 1 is 0.970 bits per heavy atom. The van der Waals surface area contributed by atoms with Crippen LogP contribution in [0.1, 0.15) is 29.5 Å². The van der Waals surface area contributed by atoms with Crippen LogP contribution in [0.15, 0.2) is 17.0 Å². The molecule has 0 aliphatic carbocycles. The Morgan fingerprint density at radius 3 is 2.18 bits per heavy atom. The number of hydrogen-bond donors (Lipinski definition) is 1. The highest BCUT2D eigenvalue weighted by molar-refractivity contribution is 7.89. The summed E-state index contributed by atoms with van der Waals surface area (Å²) in [6, 6.07) is 3.85. The predicted octanol–water partition coefficient (Wildman–Crippen LogP) is 1.06. The van der Waals surface area contributed by atoms with Gasteiger partial charge in [-0.25, -0.2) is 8.42 Å². The van der Waals surface area contributed by atoms with Gasteiger partial charge in [0, 0.05) is 71.9 Å². The van der Waals surface area contributed by atoms with Crippen molar-refractivity contribution in [3.05, 3.63) is 28.8 Å². The molecule has 2 saturated heterocycles. The van der Waals surface area contributed by atoms with E-state index in [1.165, 1.54) is 0 Å². The lowest BCUT2D eigenvalue weighted by atomic mass is 10.1. The summed E-state index contributed by atoms with van der Waals surface area (Å²) < 4.78 is 29.1. The van der Waals surface area contributed by atoms with Gasteiger partial charge in [-0.3, -0.25) is 4.79 Å². The molecule has 33 heavy (non-hydrogen) atoms. The van der Waals surface area contributed by atoms with Gasteiger partial charge in [0.1, 0.15) is 0 Å². The van der Waals surface area contributed by atoms with E-state index < -0.39 is 10.0 Å². The Bertz CT molecular complexity index is 884. The van der Waals surface area contributed by atoms with Crippen molar-refractivity contribution in [3.8, 4) is 0 Å². The summed E-state index contributed by atoms with van der Waals surface area (Å²) in [7, 11) is -1.56. The first-order valence-electron chi connectivity index (χ1n) is 12.2. The molecule has 186 valence electrons. The summed E-state index contributed by atoms with van der Waals surface area (Å²) >= 11 is 0. The molecule has 0 spiro atoms. The number of piperazine rings is 2. The summed E-state index contributed by atoms with van der Waals surface area (Å²) in [6.07, 6.45) is 0.979. The van der Waals surface area contributed by atoms with E-state index in [1.54, 1.807) is 4.31 Å². The molecule has 2 fully saturated rings. The van der Waals surface area contributed by atoms with Crippen molar-refractivity contribution in [3.63, 3.8) is 0 Å². The third-order valence-corrected chi connectivity index (χ3v) is 8.93. The zero-order chi connectivity index (χ0) is 24.0. The second-order valence-electron chi connectivity index (χ2n) is 9.51. The van der Waals surface area contributed by atoms with Gasteiger partial charge in [-0.05, 0) is 51.9 Å². The normalized spacial score (nSPS) is 18.8. The van der Waals surface area contributed by atoms with Crippen molar-refractivity contribution < 1.29 is 13.2 Å². The van der Waals surface area contributed by atoms with Crippen molar-refractivity contribution in [2.75, 3.05) is 79.0 Å². The number of nitrogens with one attached hydrogen (secondary N) is 1. The van der Waals surface area contributed by atoms with Crippen molar-refractivity contribution in [2.45, 2.75) is 38.5 Å². The lowest BCUT2D eigenvalue weighted by Crippen LogP contribution is -2.47. The van der Waals surface area contributed by atoms with Gasteiger partial charge in [-0.2, -0.15) is 4.31 Å². The summed E-state index contributed by atoms with van der Waals surface area (Å²) in [5, 5.41) is 3.25. The summed E-state index contributed by atoms with van der Waals surface area (Å²) in [5.74, 6) is 0.0353. The molecule has 2 heterocycles. The lowest BCUT2D eigenvalue weighted by molar-refractivity contribution is -0.131. The number of carbonyl (C=O) groups excluding carboxylic acids is 1. The monoisotopic (exact) mass is 479 g/mol. The maximum atomic E-state index is 13.8. The molecule has 1 aromatic rings. The van der Waals surface area contributed by atoms with Crippen LogP contribution in [-0.2, 0) is 14.8 Å². The number of carbonyl (C=O) groups is 1. The van der Waals surface area contributed by atoms with Crippen LogP contribution in [0.3, 0.4) is 0 Å². The number of benzene rings is 1. The molecule has 1 N–H and O–H groups in total. The highest BCUT2D eigenvalue weighted by Gasteiger charge is 2.29. The summed E-state index contributed by atoms with van der Waals surface area (Å²) in [6.45, 7) is 14.3. The SMILES string of the molecule is Cc1cc(C)c(S(=O)(=O)N(CCCN2CCN(C)CC2)CCC(=O)N2CCNCC2)c(C)c1. The van der Waals surface area contributed by atoms with Crippen LogP contribution < -0.4 is 5.32 Å². The smallest absolute Gasteiger partial charge is 0.243 e. The van der Waals surface area contributed by atoms with Gasteiger partial charge in [-0.15, -0.1) is 0 Å². The molecular formula is C24H41N5O3S. The van der Waals surface area contributed by atoms with Gasteiger partial charge in [-0.1, -0.05) is 17.7 Å². The van der Waals surface area contributed by atoms with Crippen LogP contribution in [0.2, 0.25) is 0 Å². The number of sulfonamides is 1. The minimum absolute atomic E-state index is 0.0353. The number of hydrogen-bond acceptors (Lipinski definition) is 6. The van der Waals surface area contributed by atoms with Gasteiger partial charge in [0.2, 0.25) is 15.9 Å². The fourth-order valence-corrected chi connectivity index (χ4v) is 6.78. The molecular weight excluding hydrogens is 438 g/mol. The van der Waals surface area contributed by atoms with E-state index in [9.17, 15) is 13.2 Å². The van der Waals surface area contributed by atoms with Gasteiger partial charge in [0.05, 0.1) is 4.90 Å². The summed E-state index contributed by atoms with van der Waals surface area (Å²) in [4.78, 5) is 19.7. The number of amides is 1. The van der Waals surface area contributed by atoms with Crippen LogP contribution in [0.4, 0.5) is 0 Å². The Balaban J connectivity index is 1.71. The molecule has 0 unspecified atom stereocenters. The molecule has 9 heteroatoms. The molecule has 2 aliphatic heterocycles. The number of nitrogens with zero attached hydrogens (tertiary/aromatic N) is 4. The standard InChI is InChI=1S/C24H41N5O3S/c1-20-18-21(2)24(22(3)19-20)33(31,32)29(10-5-9-27-16-14-26(4)15-17-27)11-6-23(30)28-12-7-25-8-13-28/h18-19,25H,5-17H2,1-4H3. The lowest BCUT2D eigenvalue weighted by Gasteiger charge is -2.33. The molecule has 0 radical (unpaired) electrons. The van der Waals surface area contributed by atoms with E-state index in [-0.39, 0.29) is 18.9 Å². The zero-order valence-corrected chi connectivity index (χ0v) is 21.6. The first-order chi connectivity index (χ1) is 15.7. The molecule has 3 rings (SSSR count). The zero-order valence-electron chi connectivity index (χ0n) is 20.8. The van der Waals surface area contributed by atoms with E-state index in [0.29, 0.717) is 24.5 Å². The molecule has 0 atom stereocenters. The Kier molecular flexibility index (Phi) is 9.29. The van der Waals surface area contributed by atoms with Crippen LogP contribution in [0, 0.1) is 20.8 Å². The molecule has 1 aromatic carbocycles. The van der Waals surface area contributed by atoms with Crippen molar-refractivity contribution in [2.24, 2.45) is 0 Å². The Hall–Kier alpha value is -1.52. The van der Waals surface area contributed by atoms with Gasteiger partial charge >= 0.3 is 0 Å². The largest absolute Gasteiger partial charge is 0.340 e. The number of likely N-dealkylation sites (N-methyl/N-ethyl adjacent to an activating group) is 1. The van der Waals surface area contributed by atoms with Gasteiger partial charge in [0.15, 0.2) is 0 Å². The van der Waals surface area contributed by atoms with Crippen molar-refractivity contribution in [1.82, 2.24) is 24.3 Å². The van der Waals surface area contributed by atoms with E-state index >= 15 is 0 Å². The maximum absolute atomic E-state index is 13.8. The highest BCUT2D eigenvalue weighted by atomic mass is 32.2. The summed E-state index contributed by atoms with van der Waals surface area (Å²) in [5.41, 5.74) is 2.59. The minimum atomic E-state index is -3.69. The first kappa shape index (κ1) is 26.1. The molecule has 2 aliphatic rings. The van der Waals surface area contributed by atoms with E-state index in [1.807, 2.05) is 37.8 Å². The minimum Gasteiger partial charge on any atom is -0.340 e. The van der Waals surface area contributed by atoms with Crippen LogP contribution in [0.5, 0.6) is 0 Å². The maximum Gasteiger partial charge on any atom is 0.243 e. The quantitative estimate of drug-likeness (QED) is 0.571. The third-order valence-electron chi connectivity index (χ3n) is 6.73. The Morgan fingerprint density at radius 2 is 1.58 bits per heavy atom. The molecule has 8 nitrogen and oxygen atoms in total. The third kappa shape index (κ3) is 6.99. The molecule has 0 aromatic heterocycles. The second-order valence-corrected chi connectivity index (χ2v) is 11.4. The fourth-order valence-electron chi connectivity index (χ4n) is 4.89. The van der Waals surface area contributed by atoms with Crippen LogP contribution in [-0.4, -0.2) is 112 Å². The average molecular weight is 480 g/mol. The van der Waals surface area contributed by atoms with Crippen LogP contribution in [0.25, 0.3) is 0 Å².